The minimum Gasteiger partial charge on any atom is -0.516 e. The Bertz CT molecular complexity index is 183. The summed E-state index contributed by atoms with van der Waals surface area (Å²) in [5.41, 5.74) is 0.496. The quantitative estimate of drug-likeness (QED) is 0.498. The van der Waals surface area contributed by atoms with E-state index in [4.69, 9.17) is 4.43 Å². The Balaban J connectivity index is 4.21. The second kappa shape index (κ2) is 4.45. The zero-order valence-corrected chi connectivity index (χ0v) is 9.44. The van der Waals surface area contributed by atoms with Crippen molar-refractivity contribution in [3.8, 4) is 0 Å². The van der Waals surface area contributed by atoms with Crippen molar-refractivity contribution in [1.82, 2.24) is 0 Å². The third-order valence-corrected chi connectivity index (χ3v) is 5.85. The molecule has 70 valence electrons. The SMILES string of the molecule is C=C(C)C(=O)O[Si](C)(CC)CC. The van der Waals surface area contributed by atoms with Gasteiger partial charge in [0.2, 0.25) is 0 Å². The van der Waals surface area contributed by atoms with Crippen LogP contribution >= 0.6 is 0 Å². The van der Waals surface area contributed by atoms with Gasteiger partial charge in [-0.25, -0.2) is 4.79 Å². The lowest BCUT2D eigenvalue weighted by atomic mass is 10.4. The molecule has 0 aliphatic heterocycles. The van der Waals surface area contributed by atoms with Gasteiger partial charge in [-0.2, -0.15) is 0 Å². The minimum absolute atomic E-state index is 0.229. The van der Waals surface area contributed by atoms with Crippen molar-refractivity contribution in [1.29, 1.82) is 0 Å². The summed E-state index contributed by atoms with van der Waals surface area (Å²) in [7, 11) is -1.73. The van der Waals surface area contributed by atoms with Crippen LogP contribution in [0, 0.1) is 0 Å². The van der Waals surface area contributed by atoms with Crippen LogP contribution in [0.2, 0.25) is 18.6 Å². The van der Waals surface area contributed by atoms with Crippen molar-refractivity contribution in [2.75, 3.05) is 0 Å². The first kappa shape index (κ1) is 11.4. The van der Waals surface area contributed by atoms with E-state index in [1.54, 1.807) is 6.92 Å². The molecule has 0 spiro atoms. The molecule has 0 saturated carbocycles. The molecule has 0 radical (unpaired) electrons. The number of rotatable bonds is 4. The summed E-state index contributed by atoms with van der Waals surface area (Å²) < 4.78 is 5.40. The van der Waals surface area contributed by atoms with Crippen LogP contribution in [-0.4, -0.2) is 14.3 Å². The van der Waals surface area contributed by atoms with Gasteiger partial charge in [-0.05, 0) is 25.6 Å². The Labute approximate surface area is 75.7 Å². The van der Waals surface area contributed by atoms with E-state index in [-0.39, 0.29) is 5.97 Å². The highest BCUT2D eigenvalue weighted by Crippen LogP contribution is 2.17. The Kier molecular flexibility index (Phi) is 4.24. The smallest absolute Gasteiger partial charge is 0.319 e. The number of carbonyl (C=O) groups is 1. The second-order valence-corrected chi connectivity index (χ2v) is 7.85. The van der Waals surface area contributed by atoms with Gasteiger partial charge in [-0.15, -0.1) is 0 Å². The van der Waals surface area contributed by atoms with E-state index >= 15 is 0 Å². The largest absolute Gasteiger partial charge is 0.516 e. The molecular formula is C9H18O2Si. The second-order valence-electron chi connectivity index (χ2n) is 3.33. The molecule has 0 saturated heterocycles. The van der Waals surface area contributed by atoms with Crippen molar-refractivity contribution in [2.24, 2.45) is 0 Å². The normalized spacial score (nSPS) is 11.0. The van der Waals surface area contributed by atoms with Gasteiger partial charge in [0.15, 0.2) is 0 Å². The Morgan fingerprint density at radius 1 is 1.42 bits per heavy atom. The fraction of sp³-hybridized carbons (Fsp3) is 0.667. The van der Waals surface area contributed by atoms with Crippen LogP contribution in [0.15, 0.2) is 12.2 Å². The average molecular weight is 186 g/mol. The minimum atomic E-state index is -1.73. The van der Waals surface area contributed by atoms with E-state index in [9.17, 15) is 4.79 Å². The van der Waals surface area contributed by atoms with Crippen LogP contribution in [0.3, 0.4) is 0 Å². The number of hydrogen-bond acceptors (Lipinski definition) is 2. The molecule has 0 heterocycles. The number of carbonyl (C=O) groups excluding carboxylic acids is 1. The first-order chi connectivity index (χ1) is 5.45. The maximum atomic E-state index is 11.2. The molecular weight excluding hydrogens is 168 g/mol. The first-order valence-electron chi connectivity index (χ1n) is 4.34. The lowest BCUT2D eigenvalue weighted by Crippen LogP contribution is -2.35. The summed E-state index contributed by atoms with van der Waals surface area (Å²) in [6.07, 6.45) is 0. The van der Waals surface area contributed by atoms with Crippen molar-refractivity contribution < 1.29 is 9.22 Å². The van der Waals surface area contributed by atoms with Crippen LogP contribution in [-0.2, 0) is 9.22 Å². The van der Waals surface area contributed by atoms with Crippen LogP contribution < -0.4 is 0 Å². The summed E-state index contributed by atoms with van der Waals surface area (Å²) in [5, 5.41) is 0. The predicted octanol–water partition coefficient (Wildman–Crippen LogP) is 2.72. The Hall–Kier alpha value is -0.573. The monoisotopic (exact) mass is 186 g/mol. The molecule has 0 aliphatic carbocycles. The van der Waals surface area contributed by atoms with Gasteiger partial charge in [0.05, 0.1) is 0 Å². The Morgan fingerprint density at radius 3 is 2.08 bits per heavy atom. The molecule has 0 unspecified atom stereocenters. The molecule has 0 aromatic rings. The summed E-state index contributed by atoms with van der Waals surface area (Å²) in [6.45, 7) is 11.5. The van der Waals surface area contributed by atoms with E-state index in [0.717, 1.165) is 12.1 Å². The summed E-state index contributed by atoms with van der Waals surface area (Å²) in [4.78, 5) is 11.2. The van der Waals surface area contributed by atoms with Gasteiger partial charge >= 0.3 is 5.97 Å². The fourth-order valence-electron chi connectivity index (χ4n) is 0.705. The summed E-state index contributed by atoms with van der Waals surface area (Å²) in [5.74, 6) is -0.229. The lowest BCUT2D eigenvalue weighted by Gasteiger charge is -2.24. The molecule has 2 nitrogen and oxygen atoms in total. The van der Waals surface area contributed by atoms with Gasteiger partial charge in [0.1, 0.15) is 0 Å². The van der Waals surface area contributed by atoms with Crippen LogP contribution in [0.25, 0.3) is 0 Å². The van der Waals surface area contributed by atoms with E-state index in [1.165, 1.54) is 0 Å². The third-order valence-electron chi connectivity index (χ3n) is 2.18. The third kappa shape index (κ3) is 3.22. The summed E-state index contributed by atoms with van der Waals surface area (Å²) in [6, 6.07) is 1.95. The van der Waals surface area contributed by atoms with Gasteiger partial charge in [-0.3, -0.25) is 0 Å². The molecule has 0 fully saturated rings. The highest BCUT2D eigenvalue weighted by molar-refractivity contribution is 6.73. The highest BCUT2D eigenvalue weighted by Gasteiger charge is 2.28. The van der Waals surface area contributed by atoms with Crippen LogP contribution in [0.1, 0.15) is 20.8 Å². The standard InChI is InChI=1S/C9H18O2Si/c1-6-12(5,7-2)11-9(10)8(3)4/h3,6-7H2,1-2,4-5H3. The van der Waals surface area contributed by atoms with E-state index in [0.29, 0.717) is 5.57 Å². The van der Waals surface area contributed by atoms with Gasteiger partial charge in [0, 0.05) is 5.57 Å². The molecule has 0 amide bonds. The van der Waals surface area contributed by atoms with Crippen molar-refractivity contribution >= 4 is 14.3 Å². The molecule has 12 heavy (non-hydrogen) atoms. The topological polar surface area (TPSA) is 26.3 Å². The van der Waals surface area contributed by atoms with Crippen molar-refractivity contribution in [3.63, 3.8) is 0 Å². The zero-order valence-electron chi connectivity index (χ0n) is 8.44. The van der Waals surface area contributed by atoms with Gasteiger partial charge in [0.25, 0.3) is 8.32 Å². The molecule has 0 aromatic heterocycles. The van der Waals surface area contributed by atoms with Gasteiger partial charge in [-0.1, -0.05) is 20.4 Å². The van der Waals surface area contributed by atoms with Crippen LogP contribution in [0.5, 0.6) is 0 Å². The molecule has 0 aromatic carbocycles. The average Bonchev–Trinajstić information content (AvgIpc) is 2.04. The van der Waals surface area contributed by atoms with E-state index in [1.807, 2.05) is 0 Å². The maximum Gasteiger partial charge on any atom is 0.319 e. The maximum absolute atomic E-state index is 11.2. The fourth-order valence-corrected chi connectivity index (χ4v) is 2.12. The van der Waals surface area contributed by atoms with Crippen molar-refractivity contribution in [3.05, 3.63) is 12.2 Å². The van der Waals surface area contributed by atoms with E-state index in [2.05, 4.69) is 27.0 Å². The van der Waals surface area contributed by atoms with Crippen LogP contribution in [0.4, 0.5) is 0 Å². The van der Waals surface area contributed by atoms with Crippen molar-refractivity contribution in [2.45, 2.75) is 39.4 Å². The molecule has 0 aliphatic rings. The zero-order chi connectivity index (χ0) is 9.78. The lowest BCUT2D eigenvalue weighted by molar-refractivity contribution is -0.130. The van der Waals surface area contributed by atoms with E-state index < -0.39 is 8.32 Å². The molecule has 0 N–H and O–H groups in total. The first-order valence-corrected chi connectivity index (χ1v) is 7.16. The predicted molar refractivity (Wildman–Crippen MR) is 53.5 cm³/mol. The molecule has 0 atom stereocenters. The van der Waals surface area contributed by atoms with Gasteiger partial charge < -0.3 is 4.43 Å². The molecule has 3 heteroatoms. The Morgan fingerprint density at radius 2 is 1.83 bits per heavy atom. The molecule has 0 rings (SSSR count). The summed E-state index contributed by atoms with van der Waals surface area (Å²) >= 11 is 0. The number of hydrogen-bond donors (Lipinski definition) is 0. The highest BCUT2D eigenvalue weighted by atomic mass is 28.4. The molecule has 0 bridgehead atoms.